The minimum Gasteiger partial charge on any atom is -0.381 e. The lowest BCUT2D eigenvalue weighted by Crippen LogP contribution is -2.45. The molecule has 0 aromatic carbocycles. The fourth-order valence-corrected chi connectivity index (χ4v) is 2.90. The number of rotatable bonds is 2. The van der Waals surface area contributed by atoms with E-state index in [1.807, 2.05) is 11.9 Å². The summed E-state index contributed by atoms with van der Waals surface area (Å²) in [7, 11) is 1.96. The zero-order valence-electron chi connectivity index (χ0n) is 10.7. The van der Waals surface area contributed by atoms with Gasteiger partial charge in [-0.1, -0.05) is 0 Å². The summed E-state index contributed by atoms with van der Waals surface area (Å²) < 4.78 is 5.30. The maximum Gasteiger partial charge on any atom is 0.225 e. The molecule has 1 amide bonds. The molecule has 2 aliphatic rings. The third-order valence-electron chi connectivity index (χ3n) is 4.21. The molecule has 0 unspecified atom stereocenters. The van der Waals surface area contributed by atoms with Gasteiger partial charge in [0.2, 0.25) is 5.91 Å². The second kappa shape index (κ2) is 5.83. The van der Waals surface area contributed by atoms with Crippen LogP contribution in [-0.2, 0) is 9.53 Å². The summed E-state index contributed by atoms with van der Waals surface area (Å²) in [6, 6.07) is 0.753. The first-order valence-corrected chi connectivity index (χ1v) is 6.78. The van der Waals surface area contributed by atoms with E-state index in [2.05, 4.69) is 0 Å². The van der Waals surface area contributed by atoms with Crippen molar-refractivity contribution >= 4 is 5.91 Å². The normalized spacial score (nSPS) is 31.2. The van der Waals surface area contributed by atoms with Crippen LogP contribution in [0.4, 0.5) is 0 Å². The van der Waals surface area contributed by atoms with E-state index in [1.54, 1.807) is 0 Å². The molecule has 17 heavy (non-hydrogen) atoms. The van der Waals surface area contributed by atoms with Gasteiger partial charge in [0.15, 0.2) is 0 Å². The molecule has 1 aliphatic heterocycles. The minimum absolute atomic E-state index is 0.185. The van der Waals surface area contributed by atoms with Gasteiger partial charge >= 0.3 is 0 Å². The lowest BCUT2D eigenvalue weighted by Gasteiger charge is -2.36. The Morgan fingerprint density at radius 2 is 1.71 bits per heavy atom. The number of nitrogens with two attached hydrogens (primary N) is 1. The molecule has 2 N–H and O–H groups in total. The van der Waals surface area contributed by atoms with Crippen molar-refractivity contribution < 1.29 is 9.53 Å². The van der Waals surface area contributed by atoms with E-state index in [0.29, 0.717) is 18.0 Å². The van der Waals surface area contributed by atoms with Gasteiger partial charge in [-0.15, -0.1) is 0 Å². The Kier molecular flexibility index (Phi) is 4.40. The Labute approximate surface area is 103 Å². The number of hydrogen-bond donors (Lipinski definition) is 1. The van der Waals surface area contributed by atoms with Crippen LogP contribution in [0.2, 0.25) is 0 Å². The van der Waals surface area contributed by atoms with Gasteiger partial charge in [-0.3, -0.25) is 4.79 Å². The summed E-state index contributed by atoms with van der Waals surface area (Å²) in [5.74, 6) is 0.498. The van der Waals surface area contributed by atoms with Crippen molar-refractivity contribution in [1.29, 1.82) is 0 Å². The lowest BCUT2D eigenvalue weighted by molar-refractivity contribution is -0.140. The molecule has 0 spiro atoms. The quantitative estimate of drug-likeness (QED) is 0.787. The van der Waals surface area contributed by atoms with Crippen LogP contribution in [-0.4, -0.2) is 43.2 Å². The number of hydrogen-bond acceptors (Lipinski definition) is 3. The van der Waals surface area contributed by atoms with Crippen LogP contribution in [0.1, 0.15) is 38.5 Å². The monoisotopic (exact) mass is 240 g/mol. The molecule has 1 heterocycles. The topological polar surface area (TPSA) is 55.6 Å². The van der Waals surface area contributed by atoms with Gasteiger partial charge in [-0.2, -0.15) is 0 Å². The smallest absolute Gasteiger partial charge is 0.225 e. The van der Waals surface area contributed by atoms with E-state index < -0.39 is 0 Å². The van der Waals surface area contributed by atoms with Crippen molar-refractivity contribution in [2.75, 3.05) is 20.3 Å². The zero-order valence-corrected chi connectivity index (χ0v) is 10.7. The van der Waals surface area contributed by atoms with Gasteiger partial charge in [-0.05, 0) is 38.5 Å². The van der Waals surface area contributed by atoms with E-state index in [4.69, 9.17) is 10.5 Å². The van der Waals surface area contributed by atoms with E-state index in [1.165, 1.54) is 0 Å². The SMILES string of the molecule is CN(C(=O)C1CCOCC1)C1CCC(N)CC1. The molecular weight excluding hydrogens is 216 g/mol. The minimum atomic E-state index is 0.185. The highest BCUT2D eigenvalue weighted by Crippen LogP contribution is 2.24. The number of carbonyl (C=O) groups is 1. The van der Waals surface area contributed by atoms with Gasteiger partial charge in [0.1, 0.15) is 0 Å². The third kappa shape index (κ3) is 3.19. The van der Waals surface area contributed by atoms with Crippen LogP contribution in [0.3, 0.4) is 0 Å². The Morgan fingerprint density at radius 3 is 2.29 bits per heavy atom. The first kappa shape index (κ1) is 12.8. The lowest BCUT2D eigenvalue weighted by atomic mass is 9.89. The molecule has 0 atom stereocenters. The number of carbonyl (C=O) groups excluding carboxylic acids is 1. The predicted octanol–water partition coefficient (Wildman–Crippen LogP) is 1.14. The van der Waals surface area contributed by atoms with Gasteiger partial charge < -0.3 is 15.4 Å². The fourth-order valence-electron chi connectivity index (χ4n) is 2.90. The van der Waals surface area contributed by atoms with Crippen LogP contribution in [0, 0.1) is 5.92 Å². The van der Waals surface area contributed by atoms with Gasteiger partial charge in [-0.25, -0.2) is 0 Å². The van der Waals surface area contributed by atoms with Crippen molar-refractivity contribution in [2.45, 2.75) is 50.6 Å². The van der Waals surface area contributed by atoms with Gasteiger partial charge in [0, 0.05) is 38.3 Å². The molecule has 0 aromatic rings. The second-order valence-electron chi connectivity index (χ2n) is 5.40. The third-order valence-corrected chi connectivity index (χ3v) is 4.21. The highest BCUT2D eigenvalue weighted by molar-refractivity contribution is 5.79. The van der Waals surface area contributed by atoms with E-state index in [0.717, 1.165) is 51.7 Å². The van der Waals surface area contributed by atoms with E-state index in [-0.39, 0.29) is 5.92 Å². The molecule has 0 aromatic heterocycles. The fraction of sp³-hybridized carbons (Fsp3) is 0.923. The molecule has 0 bridgehead atoms. The van der Waals surface area contributed by atoms with Crippen LogP contribution in [0.25, 0.3) is 0 Å². The van der Waals surface area contributed by atoms with Crippen molar-refractivity contribution in [2.24, 2.45) is 11.7 Å². The maximum atomic E-state index is 12.3. The van der Waals surface area contributed by atoms with Gasteiger partial charge in [0.25, 0.3) is 0 Å². The summed E-state index contributed by atoms with van der Waals surface area (Å²) in [5.41, 5.74) is 5.90. The molecule has 1 saturated carbocycles. The Balaban J connectivity index is 1.85. The van der Waals surface area contributed by atoms with Crippen LogP contribution >= 0.6 is 0 Å². The molecule has 1 saturated heterocycles. The summed E-state index contributed by atoms with van der Waals surface area (Å²) in [6.07, 6.45) is 6.00. The Hall–Kier alpha value is -0.610. The van der Waals surface area contributed by atoms with Gasteiger partial charge in [0.05, 0.1) is 0 Å². The van der Waals surface area contributed by atoms with Crippen molar-refractivity contribution in [1.82, 2.24) is 4.90 Å². The standard InChI is InChI=1S/C13H24N2O2/c1-15(12-4-2-11(14)3-5-12)13(16)10-6-8-17-9-7-10/h10-12H,2-9,14H2,1H3. The molecule has 0 radical (unpaired) electrons. The molecule has 2 fully saturated rings. The number of ether oxygens (including phenoxy) is 1. The Bertz CT molecular complexity index is 256. The molecule has 4 nitrogen and oxygen atoms in total. The molecule has 98 valence electrons. The molecule has 2 rings (SSSR count). The molecular formula is C13H24N2O2. The molecule has 1 aliphatic carbocycles. The average molecular weight is 240 g/mol. The van der Waals surface area contributed by atoms with Crippen molar-refractivity contribution in [3.63, 3.8) is 0 Å². The van der Waals surface area contributed by atoms with Crippen LogP contribution in [0.5, 0.6) is 0 Å². The zero-order chi connectivity index (χ0) is 12.3. The van der Waals surface area contributed by atoms with Crippen LogP contribution < -0.4 is 5.73 Å². The summed E-state index contributed by atoms with van der Waals surface area (Å²) in [6.45, 7) is 1.47. The summed E-state index contributed by atoms with van der Waals surface area (Å²) in [4.78, 5) is 14.3. The maximum absolute atomic E-state index is 12.3. The molecule has 4 heteroatoms. The first-order valence-electron chi connectivity index (χ1n) is 6.78. The number of amides is 1. The highest BCUT2D eigenvalue weighted by atomic mass is 16.5. The highest BCUT2D eigenvalue weighted by Gasteiger charge is 2.30. The first-order chi connectivity index (χ1) is 8.18. The largest absolute Gasteiger partial charge is 0.381 e. The van der Waals surface area contributed by atoms with Crippen LogP contribution in [0.15, 0.2) is 0 Å². The van der Waals surface area contributed by atoms with Crippen molar-refractivity contribution in [3.8, 4) is 0 Å². The predicted molar refractivity (Wildman–Crippen MR) is 66.5 cm³/mol. The second-order valence-corrected chi connectivity index (χ2v) is 5.40. The van der Waals surface area contributed by atoms with E-state index in [9.17, 15) is 4.79 Å². The summed E-state index contributed by atoms with van der Waals surface area (Å²) in [5, 5.41) is 0. The Morgan fingerprint density at radius 1 is 1.12 bits per heavy atom. The van der Waals surface area contributed by atoms with Crippen molar-refractivity contribution in [3.05, 3.63) is 0 Å². The average Bonchev–Trinajstić information content (AvgIpc) is 2.39. The summed E-state index contributed by atoms with van der Waals surface area (Å²) >= 11 is 0. The van der Waals surface area contributed by atoms with E-state index >= 15 is 0 Å². The number of nitrogens with zero attached hydrogens (tertiary/aromatic N) is 1.